The van der Waals surface area contributed by atoms with Gasteiger partial charge in [-0.05, 0) is 30.5 Å². The molecule has 17 heavy (non-hydrogen) atoms. The maximum absolute atomic E-state index is 11.5. The van der Waals surface area contributed by atoms with Gasteiger partial charge in [0.05, 0.1) is 6.61 Å². The highest BCUT2D eigenvalue weighted by Crippen LogP contribution is 2.18. The number of amides is 1. The van der Waals surface area contributed by atoms with Crippen LogP contribution in [0.5, 0.6) is 0 Å². The summed E-state index contributed by atoms with van der Waals surface area (Å²) in [5.41, 5.74) is 2.75. The molecule has 4 nitrogen and oxygen atoms in total. The van der Waals surface area contributed by atoms with Crippen LogP contribution in [0.15, 0.2) is 18.2 Å². The SMILES string of the molecule is CCOC(=O)CCc1ccc2c(c1)C(=O)NC2. The molecule has 0 radical (unpaired) electrons. The number of fused-ring (bicyclic) bond motifs is 1. The Kier molecular flexibility index (Phi) is 3.42. The Hall–Kier alpha value is -1.84. The summed E-state index contributed by atoms with van der Waals surface area (Å²) >= 11 is 0. The van der Waals surface area contributed by atoms with Crippen LogP contribution in [0.1, 0.15) is 34.8 Å². The zero-order valence-electron chi connectivity index (χ0n) is 9.79. The Morgan fingerprint density at radius 2 is 2.29 bits per heavy atom. The number of carbonyl (C=O) groups is 2. The van der Waals surface area contributed by atoms with Crippen LogP contribution >= 0.6 is 0 Å². The molecule has 4 heteroatoms. The summed E-state index contributed by atoms with van der Waals surface area (Å²) in [6.45, 7) is 2.80. The van der Waals surface area contributed by atoms with Crippen LogP contribution in [0.3, 0.4) is 0 Å². The Bertz CT molecular complexity index is 454. The van der Waals surface area contributed by atoms with Gasteiger partial charge in [-0.1, -0.05) is 12.1 Å². The fraction of sp³-hybridized carbons (Fsp3) is 0.385. The maximum Gasteiger partial charge on any atom is 0.306 e. The molecule has 0 spiro atoms. The maximum atomic E-state index is 11.5. The van der Waals surface area contributed by atoms with Crippen molar-refractivity contribution >= 4 is 11.9 Å². The molecule has 1 N–H and O–H groups in total. The fourth-order valence-corrected chi connectivity index (χ4v) is 1.89. The van der Waals surface area contributed by atoms with E-state index in [1.165, 1.54) is 0 Å². The summed E-state index contributed by atoms with van der Waals surface area (Å²) in [6, 6.07) is 5.75. The molecule has 1 amide bonds. The number of hydrogen-bond donors (Lipinski definition) is 1. The highest BCUT2D eigenvalue weighted by atomic mass is 16.5. The summed E-state index contributed by atoms with van der Waals surface area (Å²) < 4.78 is 4.86. The van der Waals surface area contributed by atoms with Crippen LogP contribution in [0, 0.1) is 0 Å². The van der Waals surface area contributed by atoms with Crippen molar-refractivity contribution in [1.29, 1.82) is 0 Å². The minimum atomic E-state index is -0.197. The molecule has 1 heterocycles. The number of ether oxygens (including phenoxy) is 1. The third-order valence-corrected chi connectivity index (χ3v) is 2.78. The zero-order chi connectivity index (χ0) is 12.3. The van der Waals surface area contributed by atoms with Crippen LogP contribution < -0.4 is 5.32 Å². The van der Waals surface area contributed by atoms with Crippen LogP contribution in [0.25, 0.3) is 0 Å². The Balaban J connectivity index is 2.01. The molecular weight excluding hydrogens is 218 g/mol. The lowest BCUT2D eigenvalue weighted by molar-refractivity contribution is -0.143. The van der Waals surface area contributed by atoms with E-state index in [0.29, 0.717) is 26.0 Å². The first-order chi connectivity index (χ1) is 8.20. The molecule has 0 bridgehead atoms. The summed E-state index contributed by atoms with van der Waals surface area (Å²) in [4.78, 5) is 22.7. The number of hydrogen-bond acceptors (Lipinski definition) is 3. The van der Waals surface area contributed by atoms with Gasteiger partial charge in [0, 0.05) is 18.5 Å². The second kappa shape index (κ2) is 4.99. The molecule has 0 aromatic heterocycles. The van der Waals surface area contributed by atoms with Crippen molar-refractivity contribution in [3.8, 4) is 0 Å². The highest BCUT2D eigenvalue weighted by molar-refractivity contribution is 5.98. The molecule has 1 aliphatic heterocycles. The van der Waals surface area contributed by atoms with Crippen LogP contribution in [-0.2, 0) is 22.5 Å². The number of benzene rings is 1. The molecular formula is C13H15NO3. The molecule has 0 unspecified atom stereocenters. The molecule has 1 aromatic rings. The van der Waals surface area contributed by atoms with Gasteiger partial charge in [-0.2, -0.15) is 0 Å². The lowest BCUT2D eigenvalue weighted by Crippen LogP contribution is -2.12. The summed E-state index contributed by atoms with van der Waals surface area (Å²) in [6.07, 6.45) is 0.966. The van der Waals surface area contributed by atoms with Gasteiger partial charge < -0.3 is 10.1 Å². The van der Waals surface area contributed by atoms with Crippen molar-refractivity contribution in [3.63, 3.8) is 0 Å². The van der Waals surface area contributed by atoms with Crippen molar-refractivity contribution < 1.29 is 14.3 Å². The standard InChI is InChI=1S/C13H15NO3/c1-2-17-12(15)6-4-9-3-5-10-8-14-13(16)11(10)7-9/h3,5,7H,2,4,6,8H2,1H3,(H,14,16). The first-order valence-corrected chi connectivity index (χ1v) is 5.76. The van der Waals surface area contributed by atoms with E-state index in [1.54, 1.807) is 6.92 Å². The minimum absolute atomic E-state index is 0.0296. The van der Waals surface area contributed by atoms with Gasteiger partial charge in [0.15, 0.2) is 0 Å². The van der Waals surface area contributed by atoms with E-state index < -0.39 is 0 Å². The third-order valence-electron chi connectivity index (χ3n) is 2.78. The van der Waals surface area contributed by atoms with Gasteiger partial charge in [-0.15, -0.1) is 0 Å². The van der Waals surface area contributed by atoms with Gasteiger partial charge >= 0.3 is 5.97 Å². The van der Waals surface area contributed by atoms with E-state index in [0.717, 1.165) is 16.7 Å². The highest BCUT2D eigenvalue weighted by Gasteiger charge is 2.18. The van der Waals surface area contributed by atoms with E-state index in [2.05, 4.69) is 5.32 Å². The topological polar surface area (TPSA) is 55.4 Å². The number of rotatable bonds is 4. The normalized spacial score (nSPS) is 13.1. The first-order valence-electron chi connectivity index (χ1n) is 5.76. The predicted molar refractivity (Wildman–Crippen MR) is 62.6 cm³/mol. The summed E-state index contributed by atoms with van der Waals surface area (Å²) in [7, 11) is 0. The van der Waals surface area contributed by atoms with E-state index in [9.17, 15) is 9.59 Å². The Morgan fingerprint density at radius 3 is 3.06 bits per heavy atom. The first kappa shape index (κ1) is 11.6. The van der Waals surface area contributed by atoms with Crippen LogP contribution in [-0.4, -0.2) is 18.5 Å². The molecule has 90 valence electrons. The molecule has 0 fully saturated rings. The number of aryl methyl sites for hydroxylation is 1. The zero-order valence-corrected chi connectivity index (χ0v) is 9.79. The Morgan fingerprint density at radius 1 is 1.47 bits per heavy atom. The Labute approximate surface area is 100.0 Å². The number of nitrogens with one attached hydrogen (secondary N) is 1. The van der Waals surface area contributed by atoms with Crippen molar-refractivity contribution in [3.05, 3.63) is 34.9 Å². The average molecular weight is 233 g/mol. The van der Waals surface area contributed by atoms with Gasteiger partial charge in [-0.3, -0.25) is 9.59 Å². The van der Waals surface area contributed by atoms with E-state index in [-0.39, 0.29) is 11.9 Å². The third kappa shape index (κ3) is 2.64. The van der Waals surface area contributed by atoms with Crippen molar-refractivity contribution in [2.24, 2.45) is 0 Å². The molecule has 0 saturated heterocycles. The van der Waals surface area contributed by atoms with Crippen LogP contribution in [0.4, 0.5) is 0 Å². The second-order valence-corrected chi connectivity index (χ2v) is 3.98. The van der Waals surface area contributed by atoms with Crippen molar-refractivity contribution in [2.75, 3.05) is 6.61 Å². The van der Waals surface area contributed by atoms with E-state index >= 15 is 0 Å². The lowest BCUT2D eigenvalue weighted by atomic mass is 10.0. The van der Waals surface area contributed by atoms with Crippen molar-refractivity contribution in [2.45, 2.75) is 26.3 Å². The van der Waals surface area contributed by atoms with E-state index in [4.69, 9.17) is 4.74 Å². The molecule has 1 aromatic carbocycles. The smallest absolute Gasteiger partial charge is 0.306 e. The molecule has 0 saturated carbocycles. The predicted octanol–water partition coefficient (Wildman–Crippen LogP) is 1.43. The largest absolute Gasteiger partial charge is 0.466 e. The van der Waals surface area contributed by atoms with Crippen LogP contribution in [0.2, 0.25) is 0 Å². The lowest BCUT2D eigenvalue weighted by Gasteiger charge is -2.03. The minimum Gasteiger partial charge on any atom is -0.466 e. The number of carbonyl (C=O) groups excluding carboxylic acids is 2. The number of esters is 1. The average Bonchev–Trinajstić information content (AvgIpc) is 2.69. The quantitative estimate of drug-likeness (QED) is 0.800. The molecule has 1 aliphatic rings. The monoisotopic (exact) mass is 233 g/mol. The fourth-order valence-electron chi connectivity index (χ4n) is 1.89. The van der Waals surface area contributed by atoms with E-state index in [1.807, 2.05) is 18.2 Å². The van der Waals surface area contributed by atoms with Gasteiger partial charge in [0.1, 0.15) is 0 Å². The van der Waals surface area contributed by atoms with Crippen molar-refractivity contribution in [1.82, 2.24) is 5.32 Å². The molecule has 2 rings (SSSR count). The molecule has 0 atom stereocenters. The molecule has 0 aliphatic carbocycles. The van der Waals surface area contributed by atoms with Gasteiger partial charge in [0.2, 0.25) is 0 Å². The van der Waals surface area contributed by atoms with Gasteiger partial charge in [0.25, 0.3) is 5.91 Å². The summed E-state index contributed by atoms with van der Waals surface area (Å²) in [5, 5.41) is 2.77. The second-order valence-electron chi connectivity index (χ2n) is 3.98. The van der Waals surface area contributed by atoms with Gasteiger partial charge in [-0.25, -0.2) is 0 Å². The summed E-state index contributed by atoms with van der Waals surface area (Å²) in [5.74, 6) is -0.226.